The van der Waals surface area contributed by atoms with Crippen LogP contribution in [-0.4, -0.2) is 20.6 Å². The Labute approximate surface area is 97.3 Å². The summed E-state index contributed by atoms with van der Waals surface area (Å²) in [5.74, 6) is -1.72. The summed E-state index contributed by atoms with van der Waals surface area (Å²) in [6, 6.07) is 3.70. The normalized spacial score (nSPS) is 10.5. The van der Waals surface area contributed by atoms with Gasteiger partial charge in [0.05, 0.1) is 17.6 Å². The summed E-state index contributed by atoms with van der Waals surface area (Å²) in [5.41, 5.74) is 1.29. The van der Waals surface area contributed by atoms with Gasteiger partial charge in [-0.2, -0.15) is 0 Å². The molecule has 2 rings (SSSR count). The van der Waals surface area contributed by atoms with Crippen LogP contribution in [0.15, 0.2) is 30.7 Å². The highest BCUT2D eigenvalue weighted by molar-refractivity contribution is 5.88. The summed E-state index contributed by atoms with van der Waals surface area (Å²) in [5, 5.41) is 8.87. The summed E-state index contributed by atoms with van der Waals surface area (Å²) < 4.78 is 15.0. The van der Waals surface area contributed by atoms with Crippen LogP contribution in [0.5, 0.6) is 0 Å². The van der Waals surface area contributed by atoms with Crippen LogP contribution in [0.25, 0.3) is 5.69 Å². The van der Waals surface area contributed by atoms with Crippen LogP contribution in [0, 0.1) is 5.82 Å². The standard InChI is InChI=1S/C12H11FN2O2/c1-2-10-6-14-7-15(10)11-4-8(12(16)17)3-9(13)5-11/h3-7H,2H2,1H3,(H,16,17). The van der Waals surface area contributed by atoms with Crippen molar-refractivity contribution in [1.82, 2.24) is 9.55 Å². The molecule has 0 fully saturated rings. The second kappa shape index (κ2) is 4.37. The van der Waals surface area contributed by atoms with E-state index in [9.17, 15) is 9.18 Å². The van der Waals surface area contributed by atoms with Gasteiger partial charge in [0.2, 0.25) is 0 Å². The lowest BCUT2D eigenvalue weighted by atomic mass is 10.2. The quantitative estimate of drug-likeness (QED) is 0.886. The zero-order valence-electron chi connectivity index (χ0n) is 9.22. The van der Waals surface area contributed by atoms with Crippen molar-refractivity contribution >= 4 is 5.97 Å². The van der Waals surface area contributed by atoms with Gasteiger partial charge in [-0.25, -0.2) is 14.2 Å². The fraction of sp³-hybridized carbons (Fsp3) is 0.167. The Morgan fingerprint density at radius 3 is 2.88 bits per heavy atom. The maximum atomic E-state index is 13.3. The number of aromatic nitrogens is 2. The molecule has 0 aliphatic rings. The fourth-order valence-electron chi connectivity index (χ4n) is 1.65. The van der Waals surface area contributed by atoms with Crippen LogP contribution < -0.4 is 0 Å². The fourth-order valence-corrected chi connectivity index (χ4v) is 1.65. The van der Waals surface area contributed by atoms with Crippen molar-refractivity contribution in [2.75, 3.05) is 0 Å². The van der Waals surface area contributed by atoms with Crippen molar-refractivity contribution < 1.29 is 14.3 Å². The molecule has 0 aliphatic carbocycles. The van der Waals surface area contributed by atoms with Gasteiger partial charge in [-0.3, -0.25) is 0 Å². The minimum absolute atomic E-state index is 0.0734. The van der Waals surface area contributed by atoms with E-state index in [1.807, 2.05) is 6.92 Å². The number of hydrogen-bond donors (Lipinski definition) is 1. The van der Waals surface area contributed by atoms with Gasteiger partial charge in [0.15, 0.2) is 0 Å². The molecule has 0 saturated heterocycles. The number of imidazole rings is 1. The molecule has 5 heteroatoms. The van der Waals surface area contributed by atoms with Crippen LogP contribution in [0.1, 0.15) is 23.0 Å². The van der Waals surface area contributed by atoms with Crippen LogP contribution in [0.4, 0.5) is 4.39 Å². The van der Waals surface area contributed by atoms with Gasteiger partial charge in [-0.15, -0.1) is 0 Å². The molecule has 4 nitrogen and oxygen atoms in total. The zero-order chi connectivity index (χ0) is 12.4. The average molecular weight is 234 g/mol. The number of carbonyl (C=O) groups is 1. The zero-order valence-corrected chi connectivity index (χ0v) is 9.22. The van der Waals surface area contributed by atoms with E-state index in [4.69, 9.17) is 5.11 Å². The van der Waals surface area contributed by atoms with Gasteiger partial charge in [-0.05, 0) is 24.6 Å². The number of halogens is 1. The molecule has 0 radical (unpaired) electrons. The molecule has 1 N–H and O–H groups in total. The van der Waals surface area contributed by atoms with E-state index >= 15 is 0 Å². The summed E-state index contributed by atoms with van der Waals surface area (Å²) in [6.07, 6.45) is 3.95. The van der Waals surface area contributed by atoms with Crippen molar-refractivity contribution in [1.29, 1.82) is 0 Å². The van der Waals surface area contributed by atoms with Crippen molar-refractivity contribution in [3.05, 3.63) is 47.8 Å². The average Bonchev–Trinajstić information content (AvgIpc) is 2.76. The lowest BCUT2D eigenvalue weighted by molar-refractivity contribution is 0.0696. The first-order valence-corrected chi connectivity index (χ1v) is 5.17. The van der Waals surface area contributed by atoms with Crippen LogP contribution in [-0.2, 0) is 6.42 Å². The molecule has 1 aromatic carbocycles. The van der Waals surface area contributed by atoms with Crippen molar-refractivity contribution in [3.63, 3.8) is 0 Å². The highest BCUT2D eigenvalue weighted by Gasteiger charge is 2.09. The molecular weight excluding hydrogens is 223 g/mol. The molecular formula is C12H11FN2O2. The minimum atomic E-state index is -1.15. The molecule has 1 aromatic heterocycles. The van der Waals surface area contributed by atoms with Crippen molar-refractivity contribution in [2.24, 2.45) is 0 Å². The number of rotatable bonds is 3. The van der Waals surface area contributed by atoms with Gasteiger partial charge < -0.3 is 9.67 Å². The van der Waals surface area contributed by atoms with E-state index in [0.717, 1.165) is 18.2 Å². The second-order valence-electron chi connectivity index (χ2n) is 3.61. The van der Waals surface area contributed by atoms with Gasteiger partial charge in [-0.1, -0.05) is 6.92 Å². The van der Waals surface area contributed by atoms with E-state index in [1.54, 1.807) is 17.1 Å². The Kier molecular flexibility index (Phi) is 2.91. The third kappa shape index (κ3) is 2.18. The summed E-state index contributed by atoms with van der Waals surface area (Å²) in [6.45, 7) is 1.95. The lowest BCUT2D eigenvalue weighted by Crippen LogP contribution is -2.03. The smallest absolute Gasteiger partial charge is 0.335 e. The Hall–Kier alpha value is -2.17. The first-order valence-electron chi connectivity index (χ1n) is 5.17. The van der Waals surface area contributed by atoms with Crippen molar-refractivity contribution in [3.8, 4) is 5.69 Å². The Bertz CT molecular complexity index is 563. The molecule has 0 amide bonds. The largest absolute Gasteiger partial charge is 0.478 e. The van der Waals surface area contributed by atoms with Crippen LogP contribution in [0.3, 0.4) is 0 Å². The Balaban J connectivity index is 2.56. The van der Waals surface area contributed by atoms with Gasteiger partial charge in [0.25, 0.3) is 0 Å². The summed E-state index contributed by atoms with van der Waals surface area (Å²) >= 11 is 0. The first kappa shape index (κ1) is 11.3. The van der Waals surface area contributed by atoms with Gasteiger partial charge in [0, 0.05) is 11.9 Å². The molecule has 0 atom stereocenters. The van der Waals surface area contributed by atoms with E-state index in [-0.39, 0.29) is 5.56 Å². The molecule has 88 valence electrons. The van der Waals surface area contributed by atoms with E-state index in [2.05, 4.69) is 4.98 Å². The van der Waals surface area contributed by atoms with E-state index in [0.29, 0.717) is 5.69 Å². The molecule has 0 unspecified atom stereocenters. The van der Waals surface area contributed by atoms with Crippen LogP contribution in [0.2, 0.25) is 0 Å². The summed E-state index contributed by atoms with van der Waals surface area (Å²) in [7, 11) is 0. The number of aryl methyl sites for hydroxylation is 1. The Morgan fingerprint density at radius 2 is 2.24 bits per heavy atom. The number of benzene rings is 1. The topological polar surface area (TPSA) is 55.1 Å². The predicted octanol–water partition coefficient (Wildman–Crippen LogP) is 2.27. The van der Waals surface area contributed by atoms with Crippen LogP contribution >= 0.6 is 0 Å². The maximum Gasteiger partial charge on any atom is 0.335 e. The number of carboxylic acid groups (broad SMARTS) is 1. The molecule has 0 saturated carbocycles. The highest BCUT2D eigenvalue weighted by Crippen LogP contribution is 2.16. The molecule has 0 bridgehead atoms. The number of carboxylic acids is 1. The molecule has 0 spiro atoms. The lowest BCUT2D eigenvalue weighted by Gasteiger charge is -2.07. The third-order valence-electron chi connectivity index (χ3n) is 2.49. The molecule has 1 heterocycles. The number of hydrogen-bond acceptors (Lipinski definition) is 2. The highest BCUT2D eigenvalue weighted by atomic mass is 19.1. The SMILES string of the molecule is CCc1cncn1-c1cc(F)cc(C(=O)O)c1. The Morgan fingerprint density at radius 1 is 1.47 bits per heavy atom. The van der Waals surface area contributed by atoms with Crippen molar-refractivity contribution in [2.45, 2.75) is 13.3 Å². The molecule has 0 aliphatic heterocycles. The van der Waals surface area contributed by atoms with Gasteiger partial charge in [0.1, 0.15) is 5.82 Å². The van der Waals surface area contributed by atoms with Gasteiger partial charge >= 0.3 is 5.97 Å². The third-order valence-corrected chi connectivity index (χ3v) is 2.49. The minimum Gasteiger partial charge on any atom is -0.478 e. The monoisotopic (exact) mass is 234 g/mol. The second-order valence-corrected chi connectivity index (χ2v) is 3.61. The number of aromatic carboxylic acids is 1. The van der Waals surface area contributed by atoms with E-state index in [1.165, 1.54) is 12.1 Å². The molecule has 17 heavy (non-hydrogen) atoms. The maximum absolute atomic E-state index is 13.3. The summed E-state index contributed by atoms with van der Waals surface area (Å²) in [4.78, 5) is 14.8. The van der Waals surface area contributed by atoms with E-state index < -0.39 is 11.8 Å². The first-order chi connectivity index (χ1) is 8.11. The predicted molar refractivity (Wildman–Crippen MR) is 59.9 cm³/mol. The molecule has 2 aromatic rings. The number of nitrogens with zero attached hydrogens (tertiary/aromatic N) is 2.